The fourth-order valence-electron chi connectivity index (χ4n) is 4.35. The van der Waals surface area contributed by atoms with Crippen molar-refractivity contribution in [2.45, 2.75) is 38.8 Å². The molecule has 13 heteroatoms. The number of sulfonamides is 1. The molecule has 3 aromatic heterocycles. The number of carbonyl (C=O) groups is 1. The third-order valence-corrected chi connectivity index (χ3v) is 6.82. The topological polar surface area (TPSA) is 139 Å². The van der Waals surface area contributed by atoms with E-state index in [1.165, 1.54) is 17.0 Å². The fraction of sp³-hybridized carbons (Fsp3) is 0.455. The van der Waals surface area contributed by atoms with Gasteiger partial charge in [-0.15, -0.1) is 0 Å². The molecule has 0 aromatic carbocycles. The molecule has 4 rings (SSSR count). The summed E-state index contributed by atoms with van der Waals surface area (Å²) in [5.74, 6) is 0.396. The van der Waals surface area contributed by atoms with E-state index in [-0.39, 0.29) is 22.6 Å². The van der Waals surface area contributed by atoms with Gasteiger partial charge in [-0.2, -0.15) is 5.10 Å². The van der Waals surface area contributed by atoms with Crippen molar-refractivity contribution in [3.05, 3.63) is 46.5 Å². The summed E-state index contributed by atoms with van der Waals surface area (Å²) in [4.78, 5) is 26.0. The van der Waals surface area contributed by atoms with E-state index in [9.17, 15) is 13.2 Å². The lowest BCUT2D eigenvalue weighted by atomic mass is 10.1. The van der Waals surface area contributed by atoms with Crippen LogP contribution < -0.4 is 15.4 Å². The maximum absolute atomic E-state index is 13.4. The van der Waals surface area contributed by atoms with E-state index >= 15 is 0 Å². The van der Waals surface area contributed by atoms with Gasteiger partial charge >= 0.3 is 0 Å². The quantitative estimate of drug-likeness (QED) is 0.452. The van der Waals surface area contributed by atoms with Gasteiger partial charge in [-0.05, 0) is 31.9 Å². The smallest absolute Gasteiger partial charge is 0.275 e. The van der Waals surface area contributed by atoms with Gasteiger partial charge in [0.2, 0.25) is 10.0 Å². The molecule has 1 amide bonds. The van der Waals surface area contributed by atoms with Crippen molar-refractivity contribution >= 4 is 44.7 Å². The van der Waals surface area contributed by atoms with E-state index in [2.05, 4.69) is 19.7 Å². The standard InChI is InChI=1S/C22H29ClN8O3S/c1-5-17(29(3)22(32)20-15(28-35(4,33)34)6-7-18(23)25-20)16-10-19-26-21(13(2)11-31(19)27-16)30-9-8-14(24)12-30/h6-7,10-11,14,17,28H,5,8-9,12,24H2,1-4H3/t14-,17-/m0/s1. The first kappa shape index (κ1) is 25.1. The van der Waals surface area contributed by atoms with Crippen molar-refractivity contribution < 1.29 is 13.2 Å². The average Bonchev–Trinajstić information content (AvgIpc) is 3.39. The molecule has 3 N–H and O–H groups in total. The van der Waals surface area contributed by atoms with Crippen LogP contribution in [0.1, 0.15) is 47.6 Å². The van der Waals surface area contributed by atoms with Crippen molar-refractivity contribution in [3.8, 4) is 0 Å². The Kier molecular flexibility index (Phi) is 6.89. The summed E-state index contributed by atoms with van der Waals surface area (Å²) < 4.78 is 27.6. The Hall–Kier alpha value is -2.96. The number of nitrogens with two attached hydrogens (primary N) is 1. The SMILES string of the molecule is CC[C@@H](c1cc2nc(N3CC[C@H](N)C3)c(C)cn2n1)N(C)C(=O)c1nc(Cl)ccc1NS(C)(=O)=O. The van der Waals surface area contributed by atoms with Crippen LogP contribution >= 0.6 is 11.6 Å². The Bertz CT molecular complexity index is 1380. The van der Waals surface area contributed by atoms with E-state index < -0.39 is 22.0 Å². The second-order valence-corrected chi connectivity index (χ2v) is 11.0. The van der Waals surface area contributed by atoms with Crippen LogP contribution in [0.3, 0.4) is 0 Å². The normalized spacial score (nSPS) is 17.1. The molecule has 1 aliphatic heterocycles. The van der Waals surface area contributed by atoms with Crippen molar-refractivity contribution in [2.75, 3.05) is 36.0 Å². The zero-order valence-corrected chi connectivity index (χ0v) is 21.6. The molecule has 188 valence electrons. The molecule has 0 unspecified atom stereocenters. The van der Waals surface area contributed by atoms with Crippen LogP contribution in [0.2, 0.25) is 5.15 Å². The number of nitrogens with one attached hydrogen (secondary N) is 1. The van der Waals surface area contributed by atoms with Gasteiger partial charge in [-0.25, -0.2) is 22.9 Å². The van der Waals surface area contributed by atoms with Gasteiger partial charge in [-0.1, -0.05) is 18.5 Å². The predicted octanol–water partition coefficient (Wildman–Crippen LogP) is 2.22. The largest absolute Gasteiger partial charge is 0.355 e. The molecular formula is C22H29ClN8O3S. The molecule has 0 radical (unpaired) electrons. The molecule has 4 heterocycles. The number of hydrogen-bond donors (Lipinski definition) is 2. The molecular weight excluding hydrogens is 492 g/mol. The Morgan fingerprint density at radius 3 is 2.74 bits per heavy atom. The minimum absolute atomic E-state index is 0.0596. The Labute approximate surface area is 209 Å². The van der Waals surface area contributed by atoms with Gasteiger partial charge in [0.1, 0.15) is 11.0 Å². The lowest BCUT2D eigenvalue weighted by molar-refractivity contribution is 0.0717. The minimum atomic E-state index is -3.63. The van der Waals surface area contributed by atoms with Crippen molar-refractivity contribution in [3.63, 3.8) is 0 Å². The predicted molar refractivity (Wildman–Crippen MR) is 135 cm³/mol. The summed E-state index contributed by atoms with van der Waals surface area (Å²) in [5, 5.41) is 4.76. The first-order valence-electron chi connectivity index (χ1n) is 11.3. The lowest BCUT2D eigenvalue weighted by Gasteiger charge is -2.26. The van der Waals surface area contributed by atoms with Gasteiger partial charge in [0.15, 0.2) is 11.3 Å². The van der Waals surface area contributed by atoms with Crippen LogP contribution in [-0.4, -0.2) is 71.2 Å². The highest BCUT2D eigenvalue weighted by Crippen LogP contribution is 2.28. The Morgan fingerprint density at radius 1 is 1.37 bits per heavy atom. The van der Waals surface area contributed by atoms with Crippen LogP contribution in [0.4, 0.5) is 11.5 Å². The lowest BCUT2D eigenvalue weighted by Crippen LogP contribution is -2.32. The summed E-state index contributed by atoms with van der Waals surface area (Å²) in [5.41, 5.74) is 8.36. The molecule has 0 aliphatic carbocycles. The number of pyridine rings is 1. The number of aryl methyl sites for hydroxylation is 1. The van der Waals surface area contributed by atoms with Crippen LogP contribution in [-0.2, 0) is 10.0 Å². The number of rotatable bonds is 7. The molecule has 11 nitrogen and oxygen atoms in total. The minimum Gasteiger partial charge on any atom is -0.355 e. The van der Waals surface area contributed by atoms with E-state index in [1.54, 1.807) is 11.6 Å². The van der Waals surface area contributed by atoms with Crippen molar-refractivity contribution in [2.24, 2.45) is 5.73 Å². The molecule has 35 heavy (non-hydrogen) atoms. The maximum Gasteiger partial charge on any atom is 0.275 e. The molecule has 3 aromatic rings. The van der Waals surface area contributed by atoms with Crippen molar-refractivity contribution in [1.29, 1.82) is 0 Å². The number of carbonyl (C=O) groups excluding carboxylic acids is 1. The zero-order valence-electron chi connectivity index (χ0n) is 20.1. The van der Waals surface area contributed by atoms with E-state index in [4.69, 9.17) is 22.3 Å². The second-order valence-electron chi connectivity index (χ2n) is 8.86. The molecule has 2 atom stereocenters. The van der Waals surface area contributed by atoms with E-state index in [0.717, 1.165) is 37.1 Å². The van der Waals surface area contributed by atoms with Crippen LogP contribution in [0.15, 0.2) is 24.4 Å². The summed E-state index contributed by atoms with van der Waals surface area (Å²) >= 11 is 6.02. The van der Waals surface area contributed by atoms with Crippen LogP contribution in [0.25, 0.3) is 5.65 Å². The molecule has 0 bridgehead atoms. The number of anilines is 2. The second kappa shape index (κ2) is 9.59. The molecule has 1 aliphatic rings. The van der Waals surface area contributed by atoms with Gasteiger partial charge in [-0.3, -0.25) is 9.52 Å². The third kappa shape index (κ3) is 5.34. The Balaban J connectivity index is 1.66. The molecule has 0 saturated carbocycles. The van der Waals surface area contributed by atoms with Crippen LogP contribution in [0, 0.1) is 6.92 Å². The highest BCUT2D eigenvalue weighted by molar-refractivity contribution is 7.92. The van der Waals surface area contributed by atoms with E-state index in [0.29, 0.717) is 17.8 Å². The first-order valence-corrected chi connectivity index (χ1v) is 13.5. The van der Waals surface area contributed by atoms with Gasteiger partial charge in [0.05, 0.1) is 23.7 Å². The van der Waals surface area contributed by atoms with Crippen molar-refractivity contribution in [1.82, 2.24) is 24.5 Å². The summed E-state index contributed by atoms with van der Waals surface area (Å²) in [6, 6.07) is 4.43. The fourth-order valence-corrected chi connectivity index (χ4v) is 5.06. The summed E-state index contributed by atoms with van der Waals surface area (Å²) in [6.07, 6.45) is 4.42. The number of nitrogens with zero attached hydrogens (tertiary/aromatic N) is 6. The summed E-state index contributed by atoms with van der Waals surface area (Å²) in [7, 11) is -2.00. The summed E-state index contributed by atoms with van der Waals surface area (Å²) in [6.45, 7) is 5.55. The van der Waals surface area contributed by atoms with Crippen LogP contribution in [0.5, 0.6) is 0 Å². The average molecular weight is 521 g/mol. The molecule has 0 spiro atoms. The zero-order chi connectivity index (χ0) is 25.5. The molecule has 1 fully saturated rings. The number of halogens is 1. The molecule has 1 saturated heterocycles. The number of hydrogen-bond acceptors (Lipinski definition) is 8. The van der Waals surface area contributed by atoms with E-state index in [1.807, 2.05) is 26.1 Å². The highest BCUT2D eigenvalue weighted by Gasteiger charge is 2.28. The van der Waals surface area contributed by atoms with Gasteiger partial charge in [0.25, 0.3) is 5.91 Å². The number of fused-ring (bicyclic) bond motifs is 1. The van der Waals surface area contributed by atoms with Gasteiger partial charge in [0, 0.05) is 44.0 Å². The third-order valence-electron chi connectivity index (χ3n) is 6.02. The monoisotopic (exact) mass is 520 g/mol. The first-order chi connectivity index (χ1) is 16.5. The maximum atomic E-state index is 13.4. The van der Waals surface area contributed by atoms with Gasteiger partial charge < -0.3 is 15.5 Å². The highest BCUT2D eigenvalue weighted by atomic mass is 35.5. The Morgan fingerprint density at radius 2 is 2.11 bits per heavy atom. The number of aromatic nitrogens is 4. The number of amides is 1.